The van der Waals surface area contributed by atoms with Gasteiger partial charge < -0.3 is 29.7 Å². The van der Waals surface area contributed by atoms with E-state index in [1.807, 2.05) is 41.3 Å². The zero-order chi connectivity index (χ0) is 28.4. The second-order valence-corrected chi connectivity index (χ2v) is 11.8. The highest BCUT2D eigenvalue weighted by molar-refractivity contribution is 6.02. The summed E-state index contributed by atoms with van der Waals surface area (Å²) in [5, 5.41) is 6.89. The van der Waals surface area contributed by atoms with Gasteiger partial charge in [0.2, 0.25) is 11.7 Å². The molecule has 0 aromatic heterocycles. The van der Waals surface area contributed by atoms with Crippen LogP contribution in [0, 0.1) is 5.41 Å². The SMILES string of the molecule is COc1ccc(C2C3=C(CC(C)(C)CC3=O)Nc3ccccc3N2CC(=O)NC2CCCCC2)c(OC)c1OC. The second-order valence-electron chi connectivity index (χ2n) is 11.8. The predicted octanol–water partition coefficient (Wildman–Crippen LogP) is 5.78. The second kappa shape index (κ2) is 11.4. The number of rotatable bonds is 7. The number of carbonyl (C=O) groups excluding carboxylic acids is 2. The van der Waals surface area contributed by atoms with Gasteiger partial charge in [0.05, 0.1) is 45.3 Å². The number of anilines is 2. The van der Waals surface area contributed by atoms with Crippen molar-refractivity contribution < 1.29 is 23.8 Å². The summed E-state index contributed by atoms with van der Waals surface area (Å²) in [7, 11) is 4.74. The molecule has 2 N–H and O–H groups in total. The van der Waals surface area contributed by atoms with Gasteiger partial charge in [0.25, 0.3) is 0 Å². The van der Waals surface area contributed by atoms with Gasteiger partial charge >= 0.3 is 0 Å². The number of carbonyl (C=O) groups is 2. The van der Waals surface area contributed by atoms with Crippen molar-refractivity contribution in [2.45, 2.75) is 70.9 Å². The van der Waals surface area contributed by atoms with Gasteiger partial charge in [-0.25, -0.2) is 0 Å². The van der Waals surface area contributed by atoms with Crippen molar-refractivity contribution in [2.24, 2.45) is 5.41 Å². The Hall–Kier alpha value is -3.68. The smallest absolute Gasteiger partial charge is 0.239 e. The number of nitrogens with one attached hydrogen (secondary N) is 2. The fourth-order valence-electron chi connectivity index (χ4n) is 6.57. The third-order valence-corrected chi connectivity index (χ3v) is 8.32. The number of allylic oxidation sites excluding steroid dienone is 1. The van der Waals surface area contributed by atoms with Gasteiger partial charge in [0, 0.05) is 29.3 Å². The number of hydrogen-bond donors (Lipinski definition) is 2. The Balaban J connectivity index is 1.69. The van der Waals surface area contributed by atoms with E-state index in [9.17, 15) is 9.59 Å². The molecule has 214 valence electrons. The van der Waals surface area contributed by atoms with Crippen LogP contribution in [-0.4, -0.2) is 45.6 Å². The normalized spacial score (nSPS) is 20.6. The summed E-state index contributed by atoms with van der Waals surface area (Å²) in [6, 6.07) is 11.3. The van der Waals surface area contributed by atoms with E-state index in [4.69, 9.17) is 14.2 Å². The maximum Gasteiger partial charge on any atom is 0.239 e. The topological polar surface area (TPSA) is 89.1 Å². The number of para-hydroxylation sites is 2. The Morgan fingerprint density at radius 3 is 2.40 bits per heavy atom. The van der Waals surface area contributed by atoms with Crippen LogP contribution < -0.4 is 29.7 Å². The number of methoxy groups -OCH3 is 3. The quantitative estimate of drug-likeness (QED) is 0.454. The zero-order valence-electron chi connectivity index (χ0n) is 24.3. The largest absolute Gasteiger partial charge is 0.493 e. The van der Waals surface area contributed by atoms with Crippen molar-refractivity contribution in [3.8, 4) is 17.2 Å². The molecule has 8 heteroatoms. The standard InChI is InChI=1S/C32H41N3O5/c1-32(2)17-23-28(25(36)18-32)29(21-15-16-26(38-3)31(40-5)30(21)39-4)35(24-14-10-9-13-22(24)34-23)19-27(37)33-20-11-7-6-8-12-20/h9-10,13-16,20,29,34H,6-8,11-12,17-19H2,1-5H3,(H,33,37). The fourth-order valence-corrected chi connectivity index (χ4v) is 6.57. The molecule has 5 rings (SSSR count). The van der Waals surface area contributed by atoms with E-state index in [0.29, 0.717) is 35.7 Å². The number of ether oxygens (including phenoxy) is 3. The highest BCUT2D eigenvalue weighted by Crippen LogP contribution is 2.52. The molecule has 0 radical (unpaired) electrons. The molecule has 1 amide bonds. The number of ketones is 1. The number of hydrogen-bond acceptors (Lipinski definition) is 7. The van der Waals surface area contributed by atoms with Gasteiger partial charge in [-0.15, -0.1) is 0 Å². The van der Waals surface area contributed by atoms with Crippen LogP contribution in [-0.2, 0) is 9.59 Å². The van der Waals surface area contributed by atoms with E-state index >= 15 is 0 Å². The Kier molecular flexibility index (Phi) is 7.97. The van der Waals surface area contributed by atoms with Crippen LogP contribution in [0.1, 0.15) is 70.4 Å². The van der Waals surface area contributed by atoms with E-state index in [1.54, 1.807) is 21.3 Å². The van der Waals surface area contributed by atoms with Crippen molar-refractivity contribution in [1.29, 1.82) is 0 Å². The summed E-state index contributed by atoms with van der Waals surface area (Å²) in [5.74, 6) is 1.46. The summed E-state index contributed by atoms with van der Waals surface area (Å²) in [5.41, 5.74) is 3.80. The van der Waals surface area contributed by atoms with Gasteiger partial charge in [-0.3, -0.25) is 9.59 Å². The number of Topliss-reactive ketones (excluding diaryl/α,β-unsaturated/α-hetero) is 1. The third kappa shape index (κ3) is 5.36. The minimum Gasteiger partial charge on any atom is -0.493 e. The van der Waals surface area contributed by atoms with Crippen LogP contribution in [0.2, 0.25) is 0 Å². The number of amides is 1. The maximum absolute atomic E-state index is 14.0. The fraction of sp³-hybridized carbons (Fsp3) is 0.500. The van der Waals surface area contributed by atoms with E-state index < -0.39 is 6.04 Å². The number of benzene rings is 2. The van der Waals surface area contributed by atoms with E-state index in [1.165, 1.54) is 6.42 Å². The molecular weight excluding hydrogens is 506 g/mol. The first-order valence-electron chi connectivity index (χ1n) is 14.2. The summed E-state index contributed by atoms with van der Waals surface area (Å²) in [6.45, 7) is 4.33. The highest BCUT2D eigenvalue weighted by Gasteiger charge is 2.43. The average Bonchev–Trinajstić information content (AvgIpc) is 3.06. The first kappa shape index (κ1) is 27.9. The lowest BCUT2D eigenvalue weighted by Gasteiger charge is -2.38. The number of fused-ring (bicyclic) bond motifs is 1. The Bertz CT molecular complexity index is 1310. The summed E-state index contributed by atoms with van der Waals surface area (Å²) < 4.78 is 17.2. The molecule has 2 aromatic rings. The molecule has 2 aromatic carbocycles. The number of nitrogens with zero attached hydrogens (tertiary/aromatic N) is 1. The molecule has 8 nitrogen and oxygen atoms in total. The van der Waals surface area contributed by atoms with Crippen molar-refractivity contribution in [3.05, 3.63) is 53.2 Å². The third-order valence-electron chi connectivity index (χ3n) is 8.32. The molecule has 0 spiro atoms. The lowest BCUT2D eigenvalue weighted by molar-refractivity contribution is -0.121. The van der Waals surface area contributed by atoms with Gasteiger partial charge in [0.1, 0.15) is 0 Å². The average molecular weight is 548 g/mol. The summed E-state index contributed by atoms with van der Waals surface area (Å²) in [6.07, 6.45) is 6.60. The van der Waals surface area contributed by atoms with E-state index in [-0.39, 0.29) is 29.7 Å². The van der Waals surface area contributed by atoms with Crippen LogP contribution in [0.3, 0.4) is 0 Å². The molecular formula is C32H41N3O5. The molecule has 0 saturated heterocycles. The van der Waals surface area contributed by atoms with Crippen LogP contribution in [0.4, 0.5) is 11.4 Å². The Morgan fingerprint density at radius 1 is 0.975 bits per heavy atom. The van der Waals surface area contributed by atoms with Gasteiger partial charge in [0.15, 0.2) is 17.3 Å². The monoisotopic (exact) mass is 547 g/mol. The molecule has 1 heterocycles. The molecule has 0 bridgehead atoms. The first-order chi connectivity index (χ1) is 19.3. The summed E-state index contributed by atoms with van der Waals surface area (Å²) >= 11 is 0. The van der Waals surface area contributed by atoms with E-state index in [0.717, 1.165) is 48.3 Å². The van der Waals surface area contributed by atoms with Crippen LogP contribution >= 0.6 is 0 Å². The lowest BCUT2D eigenvalue weighted by Crippen LogP contribution is -2.45. The molecule has 1 unspecified atom stereocenters. The lowest BCUT2D eigenvalue weighted by atomic mass is 9.73. The molecule has 2 aliphatic carbocycles. The van der Waals surface area contributed by atoms with Crippen LogP contribution in [0.25, 0.3) is 0 Å². The Morgan fingerprint density at radius 2 is 1.70 bits per heavy atom. The van der Waals surface area contributed by atoms with E-state index in [2.05, 4.69) is 24.5 Å². The van der Waals surface area contributed by atoms with Gasteiger partial charge in [-0.05, 0) is 48.9 Å². The van der Waals surface area contributed by atoms with Crippen molar-refractivity contribution >= 4 is 23.1 Å². The minimum atomic E-state index is -0.582. The molecule has 1 atom stereocenters. The molecule has 40 heavy (non-hydrogen) atoms. The summed E-state index contributed by atoms with van der Waals surface area (Å²) in [4.78, 5) is 29.7. The maximum atomic E-state index is 14.0. The van der Waals surface area contributed by atoms with Crippen molar-refractivity contribution in [3.63, 3.8) is 0 Å². The van der Waals surface area contributed by atoms with Crippen molar-refractivity contribution in [1.82, 2.24) is 5.32 Å². The van der Waals surface area contributed by atoms with Crippen LogP contribution in [0.15, 0.2) is 47.7 Å². The first-order valence-corrected chi connectivity index (χ1v) is 14.2. The van der Waals surface area contributed by atoms with Gasteiger partial charge in [-0.1, -0.05) is 45.2 Å². The molecule has 1 fully saturated rings. The molecule has 1 saturated carbocycles. The molecule has 3 aliphatic rings. The highest BCUT2D eigenvalue weighted by atomic mass is 16.5. The Labute approximate surface area is 237 Å². The predicted molar refractivity (Wildman–Crippen MR) is 156 cm³/mol. The van der Waals surface area contributed by atoms with Gasteiger partial charge in [-0.2, -0.15) is 0 Å². The molecule has 1 aliphatic heterocycles. The van der Waals surface area contributed by atoms with Crippen LogP contribution in [0.5, 0.6) is 17.2 Å². The minimum absolute atomic E-state index is 0.0567. The van der Waals surface area contributed by atoms with Crippen molar-refractivity contribution in [2.75, 3.05) is 38.1 Å². The zero-order valence-corrected chi connectivity index (χ0v) is 24.3.